The monoisotopic (exact) mass is 587 g/mol. The SMILES string of the molecule is COc1cc(-c2cccc(-c3cccc(NC(=O)c4cccn(C)c4=O)c3C)c2C)cc(F)c1CNC(C)(CO)C(=O)O. The molecular weight excluding hydrogens is 553 g/mol. The van der Waals surface area contributed by atoms with Gasteiger partial charge in [0.15, 0.2) is 0 Å². The van der Waals surface area contributed by atoms with Gasteiger partial charge in [0.1, 0.15) is 22.7 Å². The summed E-state index contributed by atoms with van der Waals surface area (Å²) in [7, 11) is 2.99. The van der Waals surface area contributed by atoms with Crippen molar-refractivity contribution in [2.45, 2.75) is 32.9 Å². The number of methoxy groups -OCH3 is 1. The molecule has 0 bridgehead atoms. The van der Waals surface area contributed by atoms with E-state index in [1.807, 2.05) is 44.2 Å². The van der Waals surface area contributed by atoms with E-state index in [0.29, 0.717) is 11.3 Å². The molecule has 1 unspecified atom stereocenters. The number of nitrogens with zero attached hydrogens (tertiary/aromatic N) is 1. The van der Waals surface area contributed by atoms with E-state index in [1.54, 1.807) is 31.4 Å². The van der Waals surface area contributed by atoms with Crippen LogP contribution in [0.25, 0.3) is 22.3 Å². The quantitative estimate of drug-likeness (QED) is 0.212. The number of carboxylic acid groups (broad SMARTS) is 1. The molecular formula is C33H34FN3O6. The first-order valence-corrected chi connectivity index (χ1v) is 13.5. The molecule has 0 radical (unpaired) electrons. The third kappa shape index (κ3) is 6.20. The second-order valence-corrected chi connectivity index (χ2v) is 10.5. The molecule has 4 rings (SSSR count). The van der Waals surface area contributed by atoms with Gasteiger partial charge in [-0.1, -0.05) is 30.3 Å². The third-order valence-corrected chi connectivity index (χ3v) is 7.70. The van der Waals surface area contributed by atoms with Crippen LogP contribution in [0.2, 0.25) is 0 Å². The van der Waals surface area contributed by atoms with Crippen LogP contribution >= 0.6 is 0 Å². The van der Waals surface area contributed by atoms with Gasteiger partial charge in [0.05, 0.1) is 13.7 Å². The second kappa shape index (κ2) is 12.6. The summed E-state index contributed by atoms with van der Waals surface area (Å²) in [6, 6.07) is 17.3. The lowest BCUT2D eigenvalue weighted by Crippen LogP contribution is -2.52. The highest BCUT2D eigenvalue weighted by Crippen LogP contribution is 2.37. The number of aryl methyl sites for hydroxylation is 1. The van der Waals surface area contributed by atoms with Crippen LogP contribution in [-0.2, 0) is 18.4 Å². The summed E-state index contributed by atoms with van der Waals surface area (Å²) in [5.74, 6) is -2.13. The molecule has 0 fully saturated rings. The first kappa shape index (κ1) is 31.1. The number of ether oxygens (including phenoxy) is 1. The van der Waals surface area contributed by atoms with Gasteiger partial charge in [0.2, 0.25) is 0 Å². The summed E-state index contributed by atoms with van der Waals surface area (Å²) in [5.41, 5.74) is 3.35. The molecule has 10 heteroatoms. The summed E-state index contributed by atoms with van der Waals surface area (Å²) in [4.78, 5) is 36.9. The van der Waals surface area contributed by atoms with Crippen molar-refractivity contribution in [2.24, 2.45) is 7.05 Å². The Balaban J connectivity index is 1.69. The van der Waals surface area contributed by atoms with E-state index in [0.717, 1.165) is 27.8 Å². The molecule has 0 saturated heterocycles. The van der Waals surface area contributed by atoms with Crippen molar-refractivity contribution in [3.8, 4) is 28.0 Å². The number of aromatic nitrogens is 1. The van der Waals surface area contributed by atoms with Crippen LogP contribution in [0.4, 0.5) is 10.1 Å². The maximum atomic E-state index is 15.5. The average molecular weight is 588 g/mol. The molecule has 4 aromatic rings. The fraction of sp³-hybridized carbons (Fsp3) is 0.242. The van der Waals surface area contributed by atoms with Crippen molar-refractivity contribution >= 4 is 17.6 Å². The number of carbonyl (C=O) groups is 2. The number of nitrogens with one attached hydrogen (secondary N) is 2. The number of carbonyl (C=O) groups excluding carboxylic acids is 1. The van der Waals surface area contributed by atoms with Crippen molar-refractivity contribution in [2.75, 3.05) is 19.0 Å². The Labute approximate surface area is 248 Å². The van der Waals surface area contributed by atoms with Crippen LogP contribution in [0.5, 0.6) is 5.75 Å². The third-order valence-electron chi connectivity index (χ3n) is 7.70. The van der Waals surface area contributed by atoms with E-state index in [4.69, 9.17) is 4.74 Å². The van der Waals surface area contributed by atoms with E-state index in [2.05, 4.69) is 10.6 Å². The van der Waals surface area contributed by atoms with Gasteiger partial charge in [-0.3, -0.25) is 19.7 Å². The molecule has 1 atom stereocenters. The van der Waals surface area contributed by atoms with Crippen LogP contribution in [0, 0.1) is 19.7 Å². The van der Waals surface area contributed by atoms with Crippen LogP contribution < -0.4 is 20.9 Å². The van der Waals surface area contributed by atoms with E-state index in [-0.39, 0.29) is 23.4 Å². The zero-order valence-corrected chi connectivity index (χ0v) is 24.6. The Morgan fingerprint density at radius 3 is 2.30 bits per heavy atom. The summed E-state index contributed by atoms with van der Waals surface area (Å²) in [6.45, 7) is 4.26. The molecule has 1 aromatic heterocycles. The first-order chi connectivity index (χ1) is 20.4. The van der Waals surface area contributed by atoms with Crippen LogP contribution in [0.3, 0.4) is 0 Å². The number of hydrogen-bond acceptors (Lipinski definition) is 6. The largest absolute Gasteiger partial charge is 0.496 e. The Morgan fingerprint density at radius 1 is 1.00 bits per heavy atom. The van der Waals surface area contributed by atoms with Crippen molar-refractivity contribution in [3.05, 3.63) is 105 Å². The van der Waals surface area contributed by atoms with Gasteiger partial charge >= 0.3 is 5.97 Å². The smallest absolute Gasteiger partial charge is 0.326 e. The van der Waals surface area contributed by atoms with Crippen LogP contribution in [0.1, 0.15) is 34.0 Å². The van der Waals surface area contributed by atoms with Crippen LogP contribution in [0.15, 0.2) is 71.7 Å². The maximum absolute atomic E-state index is 15.5. The Kier molecular flexibility index (Phi) is 9.13. The number of benzene rings is 3. The number of anilines is 1. The fourth-order valence-corrected chi connectivity index (χ4v) is 4.87. The number of pyridine rings is 1. The Hall–Kier alpha value is -4.80. The minimum absolute atomic E-state index is 0.0338. The summed E-state index contributed by atoms with van der Waals surface area (Å²) in [5, 5.41) is 24.5. The minimum Gasteiger partial charge on any atom is -0.496 e. The topological polar surface area (TPSA) is 130 Å². The Morgan fingerprint density at radius 2 is 1.65 bits per heavy atom. The summed E-state index contributed by atoms with van der Waals surface area (Å²) in [6.07, 6.45) is 1.58. The van der Waals surface area contributed by atoms with E-state index < -0.39 is 35.4 Å². The number of hydrogen-bond donors (Lipinski definition) is 4. The molecule has 224 valence electrons. The second-order valence-electron chi connectivity index (χ2n) is 10.5. The number of aliphatic hydroxyl groups is 1. The Bertz CT molecular complexity index is 1770. The van der Waals surface area contributed by atoms with Gasteiger partial charge in [0, 0.05) is 31.0 Å². The minimum atomic E-state index is -1.65. The molecule has 1 heterocycles. The molecule has 43 heavy (non-hydrogen) atoms. The molecule has 0 aliphatic rings. The van der Waals surface area contributed by atoms with Crippen LogP contribution in [-0.4, -0.2) is 45.9 Å². The fourth-order valence-electron chi connectivity index (χ4n) is 4.87. The molecule has 0 spiro atoms. The maximum Gasteiger partial charge on any atom is 0.326 e. The average Bonchev–Trinajstić information content (AvgIpc) is 2.98. The number of rotatable bonds is 10. The van der Waals surface area contributed by atoms with E-state index >= 15 is 4.39 Å². The van der Waals surface area contributed by atoms with Gasteiger partial charge in [-0.25, -0.2) is 4.39 Å². The summed E-state index contributed by atoms with van der Waals surface area (Å²) >= 11 is 0. The zero-order valence-electron chi connectivity index (χ0n) is 24.6. The number of amides is 1. The molecule has 0 aliphatic heterocycles. The lowest BCUT2D eigenvalue weighted by Gasteiger charge is -2.24. The lowest BCUT2D eigenvalue weighted by atomic mass is 9.90. The highest BCUT2D eigenvalue weighted by atomic mass is 19.1. The predicted octanol–water partition coefficient (Wildman–Crippen LogP) is 4.66. The standard InChI is InChI=1S/C33H34FN3O6/c1-19-22(21-15-27(34)26(29(16-21)43-5)17-35-33(3,18-38)32(41)42)9-6-10-23(19)24-11-7-13-28(20(24)2)36-30(39)25-12-8-14-37(4)31(25)40/h6-16,35,38H,17-18H2,1-5H3,(H,36,39)(H,41,42). The molecule has 1 amide bonds. The number of aliphatic carboxylic acids is 1. The van der Waals surface area contributed by atoms with Gasteiger partial charge in [0.25, 0.3) is 11.5 Å². The van der Waals surface area contributed by atoms with Crippen molar-refractivity contribution in [3.63, 3.8) is 0 Å². The molecule has 0 saturated carbocycles. The number of halogens is 1. The first-order valence-electron chi connectivity index (χ1n) is 13.5. The van der Waals surface area contributed by atoms with Gasteiger partial charge in [-0.2, -0.15) is 0 Å². The zero-order chi connectivity index (χ0) is 31.5. The van der Waals surface area contributed by atoms with Gasteiger partial charge in [-0.15, -0.1) is 0 Å². The molecule has 0 aliphatic carbocycles. The normalized spacial score (nSPS) is 12.4. The van der Waals surface area contributed by atoms with Crippen molar-refractivity contribution < 1.29 is 28.9 Å². The highest BCUT2D eigenvalue weighted by molar-refractivity contribution is 6.05. The summed E-state index contributed by atoms with van der Waals surface area (Å²) < 4.78 is 22.3. The van der Waals surface area contributed by atoms with E-state index in [9.17, 15) is 24.6 Å². The highest BCUT2D eigenvalue weighted by Gasteiger charge is 2.32. The van der Waals surface area contributed by atoms with Gasteiger partial charge in [-0.05, 0) is 84.5 Å². The molecule has 3 aromatic carbocycles. The van der Waals surface area contributed by atoms with Crippen molar-refractivity contribution in [1.82, 2.24) is 9.88 Å². The van der Waals surface area contributed by atoms with Crippen molar-refractivity contribution in [1.29, 1.82) is 0 Å². The number of aliphatic hydroxyl groups excluding tert-OH is 1. The molecule has 9 nitrogen and oxygen atoms in total. The van der Waals surface area contributed by atoms with E-state index in [1.165, 1.54) is 30.7 Å². The molecule has 4 N–H and O–H groups in total. The lowest BCUT2D eigenvalue weighted by molar-refractivity contribution is -0.145. The predicted molar refractivity (Wildman–Crippen MR) is 163 cm³/mol. The van der Waals surface area contributed by atoms with Gasteiger partial charge < -0.3 is 24.8 Å². The number of carboxylic acids is 1.